The number of piperidine rings is 1. The number of benzene rings is 1. The van der Waals surface area contributed by atoms with E-state index in [0.717, 1.165) is 30.6 Å². The van der Waals surface area contributed by atoms with Crippen molar-refractivity contribution in [3.63, 3.8) is 0 Å². The zero-order valence-corrected chi connectivity index (χ0v) is 13.4. The normalized spacial score (nSPS) is 27.9. The summed E-state index contributed by atoms with van der Waals surface area (Å²) in [6, 6.07) is 2.93. The van der Waals surface area contributed by atoms with Gasteiger partial charge < -0.3 is 10.2 Å². The van der Waals surface area contributed by atoms with E-state index in [0.29, 0.717) is 17.0 Å². The monoisotopic (exact) mass is 316 g/mol. The van der Waals surface area contributed by atoms with Crippen LogP contribution in [0.2, 0.25) is 0 Å². The van der Waals surface area contributed by atoms with E-state index in [9.17, 15) is 9.18 Å². The molecule has 0 unspecified atom stereocenters. The van der Waals surface area contributed by atoms with Crippen molar-refractivity contribution in [3.05, 3.63) is 34.0 Å². The zero-order chi connectivity index (χ0) is 16.1. The van der Waals surface area contributed by atoms with Crippen molar-refractivity contribution < 1.29 is 4.39 Å². The smallest absolute Gasteiger partial charge is 0.272 e. The SMILES string of the molecule is C[C@@H]1Nc2cc(F)cc3c(=O)[nH]nc(c23)[C@H]1[C@H]1CCCN(C)C1. The Hall–Kier alpha value is -1.95. The molecule has 1 fully saturated rings. The Kier molecular flexibility index (Phi) is 3.37. The van der Waals surface area contributed by atoms with Crippen LogP contribution in [-0.4, -0.2) is 41.3 Å². The number of hydrogen-bond acceptors (Lipinski definition) is 4. The van der Waals surface area contributed by atoms with Gasteiger partial charge in [-0.2, -0.15) is 5.10 Å². The highest BCUT2D eigenvalue weighted by molar-refractivity contribution is 5.96. The number of nitrogens with zero attached hydrogens (tertiary/aromatic N) is 2. The van der Waals surface area contributed by atoms with Gasteiger partial charge in [-0.25, -0.2) is 9.49 Å². The minimum absolute atomic E-state index is 0.155. The summed E-state index contributed by atoms with van der Waals surface area (Å²) in [5, 5.41) is 11.5. The molecule has 2 aliphatic heterocycles. The lowest BCUT2D eigenvalue weighted by atomic mass is 9.76. The Bertz CT molecular complexity index is 818. The van der Waals surface area contributed by atoms with Crippen LogP contribution < -0.4 is 10.9 Å². The van der Waals surface area contributed by atoms with Crippen molar-refractivity contribution in [2.45, 2.75) is 31.7 Å². The number of H-pyrrole nitrogens is 1. The lowest BCUT2D eigenvalue weighted by Gasteiger charge is -2.40. The van der Waals surface area contributed by atoms with Crippen molar-refractivity contribution in [2.24, 2.45) is 5.92 Å². The summed E-state index contributed by atoms with van der Waals surface area (Å²) in [5.74, 6) is 0.303. The highest BCUT2D eigenvalue weighted by atomic mass is 19.1. The number of hydrogen-bond donors (Lipinski definition) is 2. The number of aromatic nitrogens is 2. The van der Waals surface area contributed by atoms with E-state index in [4.69, 9.17) is 0 Å². The second kappa shape index (κ2) is 5.30. The molecule has 6 heteroatoms. The summed E-state index contributed by atoms with van der Waals surface area (Å²) in [6.07, 6.45) is 2.33. The largest absolute Gasteiger partial charge is 0.381 e. The van der Waals surface area contributed by atoms with E-state index in [2.05, 4.69) is 34.4 Å². The molecule has 0 saturated carbocycles. The Morgan fingerprint density at radius 1 is 1.39 bits per heavy atom. The molecule has 0 bridgehead atoms. The lowest BCUT2D eigenvalue weighted by molar-refractivity contribution is 0.179. The van der Waals surface area contributed by atoms with Gasteiger partial charge in [-0.05, 0) is 51.4 Å². The molecule has 1 saturated heterocycles. The topological polar surface area (TPSA) is 61.0 Å². The predicted molar refractivity (Wildman–Crippen MR) is 88.4 cm³/mol. The third-order valence-electron chi connectivity index (χ3n) is 5.29. The molecule has 122 valence electrons. The Morgan fingerprint density at radius 2 is 2.22 bits per heavy atom. The summed E-state index contributed by atoms with van der Waals surface area (Å²) in [5.41, 5.74) is 1.25. The quantitative estimate of drug-likeness (QED) is 0.847. The van der Waals surface area contributed by atoms with E-state index in [-0.39, 0.29) is 17.5 Å². The minimum Gasteiger partial charge on any atom is -0.381 e. The maximum absolute atomic E-state index is 13.8. The van der Waals surface area contributed by atoms with Gasteiger partial charge in [0.2, 0.25) is 0 Å². The molecule has 4 rings (SSSR count). The summed E-state index contributed by atoms with van der Waals surface area (Å²) >= 11 is 0. The number of halogens is 1. The summed E-state index contributed by atoms with van der Waals surface area (Å²) in [4.78, 5) is 14.4. The molecule has 3 heterocycles. The second-order valence-corrected chi connectivity index (χ2v) is 6.94. The van der Waals surface area contributed by atoms with Crippen LogP contribution in [0.15, 0.2) is 16.9 Å². The zero-order valence-electron chi connectivity index (χ0n) is 13.4. The molecule has 23 heavy (non-hydrogen) atoms. The molecule has 0 amide bonds. The average molecular weight is 316 g/mol. The van der Waals surface area contributed by atoms with Gasteiger partial charge in [0, 0.05) is 29.6 Å². The fourth-order valence-electron chi connectivity index (χ4n) is 4.35. The second-order valence-electron chi connectivity index (χ2n) is 6.94. The van der Waals surface area contributed by atoms with E-state index in [1.807, 2.05) is 0 Å². The molecule has 1 aromatic carbocycles. The first-order chi connectivity index (χ1) is 11.0. The van der Waals surface area contributed by atoms with Gasteiger partial charge in [-0.3, -0.25) is 4.79 Å². The fraction of sp³-hybridized carbons (Fsp3) is 0.529. The first kappa shape index (κ1) is 14.6. The molecular weight excluding hydrogens is 295 g/mol. The van der Waals surface area contributed by atoms with Crippen LogP contribution in [-0.2, 0) is 0 Å². The molecule has 2 N–H and O–H groups in total. The number of aromatic amines is 1. The van der Waals surface area contributed by atoms with Crippen LogP contribution >= 0.6 is 0 Å². The van der Waals surface area contributed by atoms with E-state index in [1.54, 1.807) is 0 Å². The van der Waals surface area contributed by atoms with Crippen LogP contribution in [0.5, 0.6) is 0 Å². The molecular formula is C17H21FN4O. The predicted octanol–water partition coefficient (Wildman–Crippen LogP) is 2.30. The van der Waals surface area contributed by atoms with E-state index < -0.39 is 5.82 Å². The number of nitrogens with one attached hydrogen (secondary N) is 2. The maximum atomic E-state index is 13.8. The average Bonchev–Trinajstić information content (AvgIpc) is 2.50. The van der Waals surface area contributed by atoms with Crippen LogP contribution in [0.1, 0.15) is 31.4 Å². The number of anilines is 1. The van der Waals surface area contributed by atoms with E-state index >= 15 is 0 Å². The number of rotatable bonds is 1. The van der Waals surface area contributed by atoms with Crippen molar-refractivity contribution in [1.29, 1.82) is 0 Å². The van der Waals surface area contributed by atoms with E-state index in [1.165, 1.54) is 18.6 Å². The molecule has 2 aliphatic rings. The van der Waals surface area contributed by atoms with Crippen molar-refractivity contribution in [2.75, 3.05) is 25.5 Å². The molecule has 3 atom stereocenters. The highest BCUT2D eigenvalue weighted by Crippen LogP contribution is 2.42. The fourth-order valence-corrected chi connectivity index (χ4v) is 4.35. The maximum Gasteiger partial charge on any atom is 0.272 e. The molecule has 1 aromatic heterocycles. The first-order valence-electron chi connectivity index (χ1n) is 8.21. The number of likely N-dealkylation sites (tertiary alicyclic amines) is 1. The third-order valence-corrected chi connectivity index (χ3v) is 5.29. The van der Waals surface area contributed by atoms with Gasteiger partial charge in [0.05, 0.1) is 11.1 Å². The summed E-state index contributed by atoms with van der Waals surface area (Å²) in [7, 11) is 2.15. The van der Waals surface area contributed by atoms with Gasteiger partial charge in [0.15, 0.2) is 0 Å². The standard InChI is InChI=1S/C17H21FN4O/c1-9-14(10-4-3-5-22(2)8-10)16-15-12(17(23)21-20-16)6-11(18)7-13(15)19-9/h6-7,9-10,14,19H,3-5,8H2,1-2H3,(H,21,23)/t9-,10-,14+/m0/s1. The van der Waals surface area contributed by atoms with Crippen molar-refractivity contribution in [1.82, 2.24) is 15.1 Å². The first-order valence-corrected chi connectivity index (χ1v) is 8.21. The summed E-state index contributed by atoms with van der Waals surface area (Å²) in [6.45, 7) is 4.27. The van der Waals surface area contributed by atoms with Gasteiger partial charge in [0.25, 0.3) is 5.56 Å². The Morgan fingerprint density at radius 3 is 3.00 bits per heavy atom. The Labute approximate surface area is 133 Å². The molecule has 0 aliphatic carbocycles. The molecule has 0 radical (unpaired) electrons. The molecule has 2 aromatic rings. The van der Waals surface area contributed by atoms with Crippen LogP contribution in [0.4, 0.5) is 10.1 Å². The van der Waals surface area contributed by atoms with Crippen LogP contribution in [0, 0.1) is 11.7 Å². The third kappa shape index (κ3) is 2.32. The van der Waals surface area contributed by atoms with Crippen molar-refractivity contribution in [3.8, 4) is 0 Å². The molecule has 0 spiro atoms. The minimum atomic E-state index is -0.398. The summed E-state index contributed by atoms with van der Waals surface area (Å²) < 4.78 is 13.8. The lowest BCUT2D eigenvalue weighted by Crippen LogP contribution is -2.42. The van der Waals surface area contributed by atoms with Crippen LogP contribution in [0.3, 0.4) is 0 Å². The van der Waals surface area contributed by atoms with Crippen molar-refractivity contribution >= 4 is 16.5 Å². The van der Waals surface area contributed by atoms with Gasteiger partial charge >= 0.3 is 0 Å². The van der Waals surface area contributed by atoms with Gasteiger partial charge in [-0.1, -0.05) is 0 Å². The highest BCUT2D eigenvalue weighted by Gasteiger charge is 2.37. The Balaban J connectivity index is 1.90. The van der Waals surface area contributed by atoms with Gasteiger partial charge in [-0.15, -0.1) is 0 Å². The molecule has 5 nitrogen and oxygen atoms in total. The van der Waals surface area contributed by atoms with Crippen LogP contribution in [0.25, 0.3) is 10.8 Å². The van der Waals surface area contributed by atoms with Gasteiger partial charge in [0.1, 0.15) is 5.82 Å².